The topological polar surface area (TPSA) is 231 Å². The zero-order valence-electron chi connectivity index (χ0n) is 41.3. The number of unbranched alkanes of at least 4 members (excludes halogenated alkanes) is 15. The van der Waals surface area contributed by atoms with E-state index < -0.39 is 99.3 Å². The van der Waals surface area contributed by atoms with Gasteiger partial charge in [0.1, 0.15) is 55.4 Å². The first kappa shape index (κ1) is 61.3. The van der Waals surface area contributed by atoms with Crippen LogP contribution in [0.3, 0.4) is 0 Å². The molecular weight excluding hydrogens is 877 g/mol. The van der Waals surface area contributed by atoms with Crippen molar-refractivity contribution >= 4 is 11.9 Å². The lowest BCUT2D eigenvalue weighted by molar-refractivity contribution is -0.332. The second kappa shape index (κ2) is 39.9. The summed E-state index contributed by atoms with van der Waals surface area (Å²) in [5.74, 6) is -1.00. The van der Waals surface area contributed by atoms with Gasteiger partial charge in [0, 0.05) is 12.8 Å². The van der Waals surface area contributed by atoms with E-state index in [-0.39, 0.29) is 19.4 Å². The number of aliphatic hydroxyl groups is 7. The molecule has 392 valence electrons. The van der Waals surface area contributed by atoms with Gasteiger partial charge in [0.15, 0.2) is 18.7 Å². The van der Waals surface area contributed by atoms with E-state index in [4.69, 9.17) is 28.4 Å². The summed E-state index contributed by atoms with van der Waals surface area (Å²) in [6.07, 6.45) is 28.3. The molecule has 2 rings (SSSR count). The third-order valence-corrected chi connectivity index (χ3v) is 12.0. The van der Waals surface area contributed by atoms with Crippen LogP contribution in [0.1, 0.15) is 168 Å². The van der Waals surface area contributed by atoms with Crippen molar-refractivity contribution in [1.82, 2.24) is 0 Å². The summed E-state index contributed by atoms with van der Waals surface area (Å²) >= 11 is 0. The predicted octanol–water partition coefficient (Wildman–Crippen LogP) is 7.27. The van der Waals surface area contributed by atoms with Crippen molar-refractivity contribution in [2.75, 3.05) is 26.4 Å². The van der Waals surface area contributed by atoms with Gasteiger partial charge in [0.2, 0.25) is 0 Å². The molecule has 0 amide bonds. The lowest BCUT2D eigenvalue weighted by Gasteiger charge is -2.42. The fourth-order valence-corrected chi connectivity index (χ4v) is 7.74. The molecule has 2 aliphatic rings. The van der Waals surface area contributed by atoms with Gasteiger partial charge in [-0.3, -0.25) is 9.59 Å². The summed E-state index contributed by atoms with van der Waals surface area (Å²) in [5.41, 5.74) is 0. The van der Waals surface area contributed by atoms with Crippen LogP contribution in [0.15, 0.2) is 60.8 Å². The quantitative estimate of drug-likeness (QED) is 0.0183. The maximum atomic E-state index is 13.0. The van der Waals surface area contributed by atoms with Crippen LogP contribution in [-0.4, -0.2) is 142 Å². The van der Waals surface area contributed by atoms with E-state index in [1.54, 1.807) is 0 Å². The van der Waals surface area contributed by atoms with Crippen LogP contribution >= 0.6 is 0 Å². The molecule has 0 saturated carbocycles. The fraction of sp³-hybridized carbons (Fsp3) is 0.774. The van der Waals surface area contributed by atoms with E-state index >= 15 is 0 Å². The Morgan fingerprint density at radius 1 is 0.485 bits per heavy atom. The normalized spacial score (nSPS) is 26.2. The van der Waals surface area contributed by atoms with E-state index in [1.807, 2.05) is 6.08 Å². The van der Waals surface area contributed by atoms with Gasteiger partial charge in [-0.2, -0.15) is 0 Å². The standard InChI is InChI=1S/C53H90O15/c1-3-5-7-9-11-13-15-17-19-20-22-24-26-28-30-32-34-36-45(56)66-41(38-63-44(55)35-33-31-29-27-25-23-21-18-16-14-12-10-8-6-4-2)39-64-52-51(62)49(60)47(58)43(68-52)40-65-53-50(61)48(59)46(57)42(37-54)67-53/h6,8,12,14,18,21-22,24,28,30,41-43,46-54,57-62H,3-5,7,9-11,13,15-17,19-20,23,25-27,29,31-40H2,1-2H3/b8-6+,14-12+,21-18+,24-22+,30-28+/t41-,42+,43+,46-,47-,48?,49?,50?,51?,52+,53+/m1/s1. The summed E-state index contributed by atoms with van der Waals surface area (Å²) in [4.78, 5) is 25.7. The highest BCUT2D eigenvalue weighted by atomic mass is 16.7. The van der Waals surface area contributed by atoms with E-state index in [2.05, 4.69) is 68.5 Å². The van der Waals surface area contributed by atoms with E-state index in [0.29, 0.717) is 19.3 Å². The van der Waals surface area contributed by atoms with Gasteiger partial charge in [0.05, 0.1) is 19.8 Å². The Morgan fingerprint density at radius 2 is 0.941 bits per heavy atom. The first-order valence-electron chi connectivity index (χ1n) is 25.9. The molecule has 2 heterocycles. The van der Waals surface area contributed by atoms with Crippen molar-refractivity contribution < 1.29 is 73.8 Å². The Kier molecular flexibility index (Phi) is 36.0. The average Bonchev–Trinajstić information content (AvgIpc) is 3.33. The van der Waals surface area contributed by atoms with Gasteiger partial charge >= 0.3 is 11.9 Å². The number of rotatable bonds is 39. The minimum absolute atomic E-state index is 0.0951. The molecule has 11 atom stereocenters. The number of esters is 2. The van der Waals surface area contributed by atoms with Gasteiger partial charge in [0.25, 0.3) is 0 Å². The second-order valence-electron chi connectivity index (χ2n) is 18.0. The van der Waals surface area contributed by atoms with Crippen molar-refractivity contribution in [2.45, 2.75) is 235 Å². The molecule has 2 fully saturated rings. The Balaban J connectivity index is 1.84. The predicted molar refractivity (Wildman–Crippen MR) is 261 cm³/mol. The first-order chi connectivity index (χ1) is 33.0. The average molecular weight is 967 g/mol. The smallest absolute Gasteiger partial charge is 0.306 e. The molecular formula is C53H90O15. The highest BCUT2D eigenvalue weighted by molar-refractivity contribution is 5.70. The molecule has 15 heteroatoms. The maximum Gasteiger partial charge on any atom is 0.306 e. The Labute approximate surface area is 407 Å². The van der Waals surface area contributed by atoms with Gasteiger partial charge in [-0.05, 0) is 70.6 Å². The minimum Gasteiger partial charge on any atom is -0.462 e. The molecule has 0 aromatic carbocycles. The maximum absolute atomic E-state index is 13.0. The number of allylic oxidation sites excluding steroid dienone is 10. The number of carbonyl (C=O) groups excluding carboxylic acids is 2. The van der Waals surface area contributed by atoms with E-state index in [9.17, 15) is 45.3 Å². The first-order valence-corrected chi connectivity index (χ1v) is 25.9. The van der Waals surface area contributed by atoms with Crippen molar-refractivity contribution in [3.63, 3.8) is 0 Å². The minimum atomic E-state index is -1.78. The van der Waals surface area contributed by atoms with Gasteiger partial charge < -0.3 is 64.2 Å². The summed E-state index contributed by atoms with van der Waals surface area (Å²) in [6, 6.07) is 0. The van der Waals surface area contributed by atoms with Crippen LogP contribution in [0.2, 0.25) is 0 Å². The van der Waals surface area contributed by atoms with Crippen LogP contribution in [0, 0.1) is 0 Å². The SMILES string of the molecule is CC/C=C/C/C=C/C/C=C/CCCCCCCC(=O)OC[C@H](CO[C@H]1O[C@@H](CO[C@H]2O[C@@H](CO)[C@@H](O)C(O)C2O)[C@@H](O)C(O)C1O)OC(=O)CCC/C=C/C/C=C/CCCCCCCCCCC. The molecule has 2 aliphatic heterocycles. The van der Waals surface area contributed by atoms with Crippen LogP contribution < -0.4 is 0 Å². The monoisotopic (exact) mass is 967 g/mol. The van der Waals surface area contributed by atoms with Crippen LogP contribution in [-0.2, 0) is 38.0 Å². The lowest BCUT2D eigenvalue weighted by Crippen LogP contribution is -2.61. The molecule has 15 nitrogen and oxygen atoms in total. The van der Waals surface area contributed by atoms with Gasteiger partial charge in [-0.15, -0.1) is 0 Å². The second-order valence-corrected chi connectivity index (χ2v) is 18.0. The Morgan fingerprint density at radius 3 is 1.50 bits per heavy atom. The summed E-state index contributed by atoms with van der Waals surface area (Å²) < 4.78 is 33.5. The number of ether oxygens (including phenoxy) is 6. The number of hydrogen-bond acceptors (Lipinski definition) is 15. The third-order valence-electron chi connectivity index (χ3n) is 12.0. The van der Waals surface area contributed by atoms with Crippen LogP contribution in [0.4, 0.5) is 0 Å². The largest absolute Gasteiger partial charge is 0.462 e. The van der Waals surface area contributed by atoms with E-state index in [1.165, 1.54) is 57.8 Å². The van der Waals surface area contributed by atoms with Crippen molar-refractivity contribution in [3.8, 4) is 0 Å². The van der Waals surface area contributed by atoms with E-state index in [0.717, 1.165) is 64.2 Å². The molecule has 0 aliphatic carbocycles. The molecule has 2 saturated heterocycles. The van der Waals surface area contributed by atoms with Crippen molar-refractivity contribution in [2.24, 2.45) is 0 Å². The molecule has 0 spiro atoms. The summed E-state index contributed by atoms with van der Waals surface area (Å²) in [6.45, 7) is 2.41. The summed E-state index contributed by atoms with van der Waals surface area (Å²) in [5, 5.41) is 72.1. The fourth-order valence-electron chi connectivity index (χ4n) is 7.74. The number of hydrogen-bond donors (Lipinski definition) is 7. The summed E-state index contributed by atoms with van der Waals surface area (Å²) in [7, 11) is 0. The molecule has 0 aromatic heterocycles. The Bertz CT molecular complexity index is 1420. The molecule has 0 aromatic rings. The Hall–Kier alpha value is -2.80. The molecule has 7 N–H and O–H groups in total. The van der Waals surface area contributed by atoms with Gasteiger partial charge in [-0.25, -0.2) is 0 Å². The van der Waals surface area contributed by atoms with Crippen LogP contribution in [0.5, 0.6) is 0 Å². The van der Waals surface area contributed by atoms with Gasteiger partial charge in [-0.1, -0.05) is 145 Å². The van der Waals surface area contributed by atoms with Crippen LogP contribution in [0.25, 0.3) is 0 Å². The molecule has 0 radical (unpaired) electrons. The zero-order valence-corrected chi connectivity index (χ0v) is 41.3. The highest BCUT2D eigenvalue weighted by Gasteiger charge is 2.47. The number of aliphatic hydroxyl groups excluding tert-OH is 7. The molecule has 0 bridgehead atoms. The highest BCUT2D eigenvalue weighted by Crippen LogP contribution is 2.26. The zero-order chi connectivity index (χ0) is 49.6. The molecule has 4 unspecified atom stereocenters. The van der Waals surface area contributed by atoms with Crippen molar-refractivity contribution in [1.29, 1.82) is 0 Å². The lowest BCUT2D eigenvalue weighted by atomic mass is 9.98. The van der Waals surface area contributed by atoms with Crippen molar-refractivity contribution in [3.05, 3.63) is 60.8 Å². The molecule has 68 heavy (non-hydrogen) atoms. The number of carbonyl (C=O) groups is 2. The third kappa shape index (κ3) is 27.6.